The Hall–Kier alpha value is -0.550. The van der Waals surface area contributed by atoms with Gasteiger partial charge in [0.1, 0.15) is 12.4 Å². The average Bonchev–Trinajstić information content (AvgIpc) is 2.30. The van der Waals surface area contributed by atoms with Gasteiger partial charge in [0, 0.05) is 11.5 Å². The molecule has 0 fully saturated rings. The number of nitrogens with zero attached hydrogens (tertiary/aromatic N) is 1. The van der Waals surface area contributed by atoms with Gasteiger partial charge in [-0.25, -0.2) is 0 Å². The first-order valence-electron chi connectivity index (χ1n) is 4.82. The van der Waals surface area contributed by atoms with Crippen molar-refractivity contribution in [1.29, 1.82) is 0 Å². The Morgan fingerprint density at radius 3 is 2.56 bits per heavy atom. The highest BCUT2D eigenvalue weighted by Gasteiger charge is 2.05. The van der Waals surface area contributed by atoms with E-state index < -0.39 is 0 Å². The lowest BCUT2D eigenvalue weighted by Gasteiger charge is -2.16. The minimum atomic E-state index is 0.0550. The van der Waals surface area contributed by atoms with Gasteiger partial charge in [-0.3, -0.25) is 4.79 Å². The van der Waals surface area contributed by atoms with E-state index in [0.29, 0.717) is 18.5 Å². The van der Waals surface area contributed by atoms with Crippen LogP contribution in [0.2, 0.25) is 0 Å². The van der Waals surface area contributed by atoms with Crippen LogP contribution in [0.5, 0.6) is 5.75 Å². The molecule has 0 radical (unpaired) electrons. The van der Waals surface area contributed by atoms with Gasteiger partial charge in [0.25, 0.3) is 0 Å². The Balaban J connectivity index is 2.30. The molecule has 1 aromatic carbocycles. The van der Waals surface area contributed by atoms with Crippen LogP contribution in [-0.4, -0.2) is 36.3 Å². The second-order valence-corrected chi connectivity index (χ2v) is 4.73. The minimum Gasteiger partial charge on any atom is -0.492 e. The second kappa shape index (κ2) is 6.91. The predicted octanol–water partition coefficient (Wildman–Crippen LogP) is 2.68. The van der Waals surface area contributed by atoms with Crippen molar-refractivity contribution >= 4 is 37.8 Å². The summed E-state index contributed by atoms with van der Waals surface area (Å²) in [6.07, 6.45) is 0. The highest BCUT2D eigenvalue weighted by molar-refractivity contribution is 9.10. The first-order valence-corrected chi connectivity index (χ1v) is 6.73. The number of hydrogen-bond acceptors (Lipinski definition) is 2. The van der Waals surface area contributed by atoms with Gasteiger partial charge in [0.05, 0.1) is 11.9 Å². The van der Waals surface area contributed by atoms with Crippen molar-refractivity contribution in [3.63, 3.8) is 0 Å². The number of hydrogen-bond donors (Lipinski definition) is 0. The molecule has 88 valence electrons. The van der Waals surface area contributed by atoms with Crippen LogP contribution in [0.4, 0.5) is 0 Å². The molecule has 0 aliphatic heterocycles. The topological polar surface area (TPSA) is 29.5 Å². The van der Waals surface area contributed by atoms with E-state index in [1.807, 2.05) is 24.3 Å². The van der Waals surface area contributed by atoms with E-state index in [1.165, 1.54) is 0 Å². The average molecular weight is 351 g/mol. The van der Waals surface area contributed by atoms with E-state index in [1.54, 1.807) is 11.9 Å². The lowest BCUT2D eigenvalue weighted by Crippen LogP contribution is -2.31. The van der Waals surface area contributed by atoms with Crippen molar-refractivity contribution in [3.8, 4) is 5.75 Å². The summed E-state index contributed by atoms with van der Waals surface area (Å²) < 4.78 is 6.52. The van der Waals surface area contributed by atoms with Crippen LogP contribution in [0, 0.1) is 0 Å². The van der Waals surface area contributed by atoms with E-state index in [9.17, 15) is 4.79 Å². The third-order valence-corrected chi connectivity index (χ3v) is 3.06. The first-order chi connectivity index (χ1) is 7.63. The number of benzene rings is 1. The molecule has 0 N–H and O–H groups in total. The van der Waals surface area contributed by atoms with Crippen LogP contribution >= 0.6 is 31.9 Å². The van der Waals surface area contributed by atoms with Gasteiger partial charge in [-0.05, 0) is 24.3 Å². The summed E-state index contributed by atoms with van der Waals surface area (Å²) in [5, 5.41) is 0.349. The zero-order valence-corrected chi connectivity index (χ0v) is 12.1. The summed E-state index contributed by atoms with van der Waals surface area (Å²) in [5.41, 5.74) is 0. The highest BCUT2D eigenvalue weighted by Crippen LogP contribution is 2.15. The Bertz CT molecular complexity index is 340. The van der Waals surface area contributed by atoms with Crippen LogP contribution in [0.15, 0.2) is 28.7 Å². The van der Waals surface area contributed by atoms with E-state index in [2.05, 4.69) is 31.9 Å². The lowest BCUT2D eigenvalue weighted by atomic mass is 10.3. The lowest BCUT2D eigenvalue weighted by molar-refractivity contribution is -0.127. The number of amides is 1. The van der Waals surface area contributed by atoms with E-state index in [-0.39, 0.29) is 5.91 Å². The quantitative estimate of drug-likeness (QED) is 0.764. The molecule has 1 rings (SSSR count). The molecule has 0 unspecified atom stereocenters. The monoisotopic (exact) mass is 349 g/mol. The largest absolute Gasteiger partial charge is 0.492 e. The number of likely N-dealkylation sites (N-methyl/N-ethyl adjacent to an activating group) is 1. The smallest absolute Gasteiger partial charge is 0.233 e. The maximum atomic E-state index is 11.2. The van der Waals surface area contributed by atoms with Crippen LogP contribution < -0.4 is 4.74 Å². The van der Waals surface area contributed by atoms with Gasteiger partial charge in [0.2, 0.25) is 5.91 Å². The third-order valence-electron chi connectivity index (χ3n) is 2.05. The molecule has 1 amide bonds. The molecule has 1 aromatic rings. The van der Waals surface area contributed by atoms with Crippen molar-refractivity contribution in [3.05, 3.63) is 28.7 Å². The Morgan fingerprint density at radius 2 is 2.00 bits per heavy atom. The molecule has 0 spiro atoms. The van der Waals surface area contributed by atoms with Crippen LogP contribution in [0.1, 0.15) is 0 Å². The summed E-state index contributed by atoms with van der Waals surface area (Å²) in [5.74, 6) is 0.863. The van der Waals surface area contributed by atoms with Crippen LogP contribution in [-0.2, 0) is 4.79 Å². The summed E-state index contributed by atoms with van der Waals surface area (Å²) in [6.45, 7) is 1.08. The summed E-state index contributed by atoms with van der Waals surface area (Å²) in [7, 11) is 1.76. The maximum Gasteiger partial charge on any atom is 0.233 e. The van der Waals surface area contributed by atoms with Crippen molar-refractivity contribution in [2.75, 3.05) is 25.5 Å². The van der Waals surface area contributed by atoms with Crippen LogP contribution in [0.25, 0.3) is 0 Å². The Morgan fingerprint density at radius 1 is 1.38 bits per heavy atom. The van der Waals surface area contributed by atoms with E-state index in [4.69, 9.17) is 4.74 Å². The molecule has 0 heterocycles. The third kappa shape index (κ3) is 4.53. The van der Waals surface area contributed by atoms with E-state index >= 15 is 0 Å². The van der Waals surface area contributed by atoms with Gasteiger partial charge < -0.3 is 9.64 Å². The predicted molar refractivity (Wildman–Crippen MR) is 71.1 cm³/mol. The molecular weight excluding hydrogens is 338 g/mol. The van der Waals surface area contributed by atoms with Gasteiger partial charge in [-0.1, -0.05) is 31.9 Å². The molecule has 0 bridgehead atoms. The van der Waals surface area contributed by atoms with Gasteiger partial charge >= 0.3 is 0 Å². The molecule has 3 nitrogen and oxygen atoms in total. The van der Waals surface area contributed by atoms with Gasteiger partial charge in [-0.2, -0.15) is 0 Å². The Kier molecular flexibility index (Phi) is 5.84. The zero-order valence-electron chi connectivity index (χ0n) is 8.95. The summed E-state index contributed by atoms with van der Waals surface area (Å²) in [6, 6.07) is 7.61. The fraction of sp³-hybridized carbons (Fsp3) is 0.364. The molecule has 0 saturated carbocycles. The van der Waals surface area contributed by atoms with E-state index in [0.717, 1.165) is 10.2 Å². The number of carbonyl (C=O) groups is 1. The zero-order chi connectivity index (χ0) is 12.0. The Labute approximate surface area is 112 Å². The van der Waals surface area contributed by atoms with Crippen molar-refractivity contribution in [2.45, 2.75) is 0 Å². The first kappa shape index (κ1) is 13.5. The molecule has 5 heteroatoms. The number of ether oxygens (including phenoxy) is 1. The normalized spacial score (nSPS) is 9.94. The van der Waals surface area contributed by atoms with Crippen LogP contribution in [0.3, 0.4) is 0 Å². The maximum absolute atomic E-state index is 11.2. The second-order valence-electron chi connectivity index (χ2n) is 3.25. The molecule has 0 aliphatic rings. The summed E-state index contributed by atoms with van der Waals surface area (Å²) in [4.78, 5) is 12.8. The van der Waals surface area contributed by atoms with Crippen molar-refractivity contribution in [1.82, 2.24) is 4.90 Å². The fourth-order valence-corrected chi connectivity index (χ4v) is 1.75. The number of halogens is 2. The van der Waals surface area contributed by atoms with Gasteiger partial charge in [-0.15, -0.1) is 0 Å². The number of rotatable bonds is 5. The molecule has 0 atom stereocenters. The summed E-state index contributed by atoms with van der Waals surface area (Å²) >= 11 is 6.47. The SMILES string of the molecule is CN(CCOc1ccc(Br)cc1)C(=O)CBr. The molecule has 0 saturated heterocycles. The minimum absolute atomic E-state index is 0.0550. The fourth-order valence-electron chi connectivity index (χ4n) is 1.06. The van der Waals surface area contributed by atoms with Gasteiger partial charge in [0.15, 0.2) is 0 Å². The molecule has 16 heavy (non-hydrogen) atoms. The highest BCUT2D eigenvalue weighted by atomic mass is 79.9. The molecule has 0 aliphatic carbocycles. The van der Waals surface area contributed by atoms with Crippen molar-refractivity contribution < 1.29 is 9.53 Å². The number of carbonyl (C=O) groups excluding carboxylic acids is 1. The number of alkyl halides is 1. The molecule has 0 aromatic heterocycles. The van der Waals surface area contributed by atoms with Crippen molar-refractivity contribution in [2.24, 2.45) is 0 Å². The molecular formula is C11H13Br2NO2. The standard InChI is InChI=1S/C11H13Br2NO2/c1-14(11(15)8-12)6-7-16-10-4-2-9(13)3-5-10/h2-5H,6-8H2,1H3.